The SMILES string of the molecule is Cc1cc(Cn2ccnc2CCN)n(C)n1. The van der Waals surface area contributed by atoms with Gasteiger partial charge in [-0.3, -0.25) is 4.68 Å². The number of aryl methyl sites for hydroxylation is 2. The second-order valence-electron chi connectivity index (χ2n) is 3.91. The number of hydrogen-bond donors (Lipinski definition) is 1. The summed E-state index contributed by atoms with van der Waals surface area (Å²) in [5, 5.41) is 4.33. The van der Waals surface area contributed by atoms with Crippen molar-refractivity contribution in [2.75, 3.05) is 6.54 Å². The molecule has 0 aromatic carbocycles. The van der Waals surface area contributed by atoms with E-state index in [0.717, 1.165) is 24.5 Å². The third-order valence-electron chi connectivity index (χ3n) is 2.60. The van der Waals surface area contributed by atoms with E-state index in [1.54, 1.807) is 0 Å². The van der Waals surface area contributed by atoms with E-state index in [9.17, 15) is 0 Å². The van der Waals surface area contributed by atoms with Crippen LogP contribution >= 0.6 is 0 Å². The molecular weight excluding hydrogens is 202 g/mol. The van der Waals surface area contributed by atoms with Crippen molar-refractivity contribution >= 4 is 0 Å². The zero-order chi connectivity index (χ0) is 11.5. The molecule has 5 nitrogen and oxygen atoms in total. The summed E-state index contributed by atoms with van der Waals surface area (Å²) in [7, 11) is 1.96. The summed E-state index contributed by atoms with van der Waals surface area (Å²) in [5.41, 5.74) is 7.76. The number of rotatable bonds is 4. The van der Waals surface area contributed by atoms with Gasteiger partial charge in [0.2, 0.25) is 0 Å². The molecular formula is C11H17N5. The predicted octanol–water partition coefficient (Wildman–Crippen LogP) is 0.475. The van der Waals surface area contributed by atoms with Crippen LogP contribution in [0.2, 0.25) is 0 Å². The summed E-state index contributed by atoms with van der Waals surface area (Å²) >= 11 is 0. The zero-order valence-electron chi connectivity index (χ0n) is 9.72. The standard InChI is InChI=1S/C11H17N5/c1-9-7-10(15(2)14-9)8-16-6-5-13-11(16)3-4-12/h5-7H,3-4,8,12H2,1-2H3. The van der Waals surface area contributed by atoms with E-state index in [2.05, 4.69) is 20.7 Å². The van der Waals surface area contributed by atoms with Crippen LogP contribution in [0.15, 0.2) is 18.5 Å². The van der Waals surface area contributed by atoms with E-state index in [-0.39, 0.29) is 0 Å². The molecule has 2 aromatic heterocycles. The molecule has 0 atom stereocenters. The minimum atomic E-state index is 0.626. The molecule has 2 heterocycles. The van der Waals surface area contributed by atoms with E-state index >= 15 is 0 Å². The number of nitrogens with zero attached hydrogens (tertiary/aromatic N) is 4. The van der Waals surface area contributed by atoms with E-state index in [4.69, 9.17) is 5.73 Å². The summed E-state index contributed by atoms with van der Waals surface area (Å²) in [5.74, 6) is 1.03. The second-order valence-corrected chi connectivity index (χ2v) is 3.91. The number of nitrogens with two attached hydrogens (primary N) is 1. The van der Waals surface area contributed by atoms with Gasteiger partial charge in [-0.25, -0.2) is 4.98 Å². The van der Waals surface area contributed by atoms with Gasteiger partial charge in [-0.15, -0.1) is 0 Å². The van der Waals surface area contributed by atoms with Crippen LogP contribution in [-0.4, -0.2) is 25.9 Å². The van der Waals surface area contributed by atoms with Gasteiger partial charge in [-0.2, -0.15) is 5.10 Å². The first kappa shape index (κ1) is 10.9. The molecule has 0 aliphatic carbocycles. The Kier molecular flexibility index (Phi) is 3.05. The molecule has 0 amide bonds. The van der Waals surface area contributed by atoms with Gasteiger partial charge in [0.15, 0.2) is 0 Å². The molecule has 0 fully saturated rings. The molecule has 5 heteroatoms. The summed E-state index contributed by atoms with van der Waals surface area (Å²) < 4.78 is 4.02. The largest absolute Gasteiger partial charge is 0.330 e. The Bertz CT molecular complexity index is 468. The van der Waals surface area contributed by atoms with Gasteiger partial charge in [0.05, 0.1) is 17.9 Å². The van der Waals surface area contributed by atoms with Crippen LogP contribution in [0, 0.1) is 6.92 Å². The molecule has 2 aromatic rings. The molecule has 86 valence electrons. The van der Waals surface area contributed by atoms with Crippen molar-refractivity contribution in [3.05, 3.63) is 35.7 Å². The van der Waals surface area contributed by atoms with Crippen molar-refractivity contribution in [1.29, 1.82) is 0 Å². The number of aromatic nitrogens is 4. The molecule has 0 saturated heterocycles. The van der Waals surface area contributed by atoms with Crippen LogP contribution < -0.4 is 5.73 Å². The first-order chi connectivity index (χ1) is 7.70. The summed E-state index contributed by atoms with van der Waals surface area (Å²) in [6, 6.07) is 2.09. The van der Waals surface area contributed by atoms with E-state index < -0.39 is 0 Å². The molecule has 0 aliphatic heterocycles. The molecule has 2 N–H and O–H groups in total. The van der Waals surface area contributed by atoms with Crippen molar-refractivity contribution in [3.8, 4) is 0 Å². The lowest BCUT2D eigenvalue weighted by Gasteiger charge is -2.07. The molecule has 0 spiro atoms. The van der Waals surface area contributed by atoms with Crippen LogP contribution in [0.25, 0.3) is 0 Å². The molecule has 0 aliphatic rings. The fourth-order valence-corrected chi connectivity index (χ4v) is 1.83. The van der Waals surface area contributed by atoms with Crippen LogP contribution in [0.1, 0.15) is 17.2 Å². The van der Waals surface area contributed by atoms with Gasteiger partial charge < -0.3 is 10.3 Å². The van der Waals surface area contributed by atoms with E-state index in [1.807, 2.05) is 31.0 Å². The lowest BCUT2D eigenvalue weighted by atomic mass is 10.3. The van der Waals surface area contributed by atoms with E-state index in [1.165, 1.54) is 5.69 Å². The van der Waals surface area contributed by atoms with Gasteiger partial charge in [-0.1, -0.05) is 0 Å². The first-order valence-electron chi connectivity index (χ1n) is 5.40. The molecule has 16 heavy (non-hydrogen) atoms. The van der Waals surface area contributed by atoms with E-state index in [0.29, 0.717) is 6.54 Å². The highest BCUT2D eigenvalue weighted by Gasteiger charge is 2.06. The third-order valence-corrected chi connectivity index (χ3v) is 2.60. The predicted molar refractivity (Wildman–Crippen MR) is 62.0 cm³/mol. The Hall–Kier alpha value is -1.62. The quantitative estimate of drug-likeness (QED) is 0.813. The average molecular weight is 219 g/mol. The highest BCUT2D eigenvalue weighted by Crippen LogP contribution is 2.07. The van der Waals surface area contributed by atoms with Crippen molar-refractivity contribution < 1.29 is 0 Å². The Morgan fingerprint density at radius 2 is 2.25 bits per heavy atom. The van der Waals surface area contributed by atoms with Crippen molar-refractivity contribution in [1.82, 2.24) is 19.3 Å². The van der Waals surface area contributed by atoms with Crippen molar-refractivity contribution in [3.63, 3.8) is 0 Å². The molecule has 0 saturated carbocycles. The summed E-state index contributed by atoms with van der Waals surface area (Å²) in [6.07, 6.45) is 4.60. The monoisotopic (exact) mass is 219 g/mol. The molecule has 0 bridgehead atoms. The summed E-state index contributed by atoms with van der Waals surface area (Å²) in [4.78, 5) is 4.29. The van der Waals surface area contributed by atoms with Crippen LogP contribution in [-0.2, 0) is 20.0 Å². The Morgan fingerprint density at radius 3 is 2.88 bits per heavy atom. The maximum Gasteiger partial charge on any atom is 0.110 e. The Labute approximate surface area is 94.9 Å². The lowest BCUT2D eigenvalue weighted by Crippen LogP contribution is -2.12. The van der Waals surface area contributed by atoms with Gasteiger partial charge in [0.1, 0.15) is 5.82 Å². The lowest BCUT2D eigenvalue weighted by molar-refractivity contribution is 0.640. The fraction of sp³-hybridized carbons (Fsp3) is 0.455. The highest BCUT2D eigenvalue weighted by atomic mass is 15.3. The Morgan fingerprint density at radius 1 is 1.44 bits per heavy atom. The molecule has 0 radical (unpaired) electrons. The maximum atomic E-state index is 5.55. The van der Waals surface area contributed by atoms with Crippen molar-refractivity contribution in [2.45, 2.75) is 19.9 Å². The number of imidazole rings is 1. The third kappa shape index (κ3) is 2.14. The molecule has 2 rings (SSSR count). The van der Waals surface area contributed by atoms with Crippen LogP contribution in [0.4, 0.5) is 0 Å². The second kappa shape index (κ2) is 4.49. The Balaban J connectivity index is 2.20. The zero-order valence-corrected chi connectivity index (χ0v) is 9.72. The first-order valence-corrected chi connectivity index (χ1v) is 5.40. The van der Waals surface area contributed by atoms with Gasteiger partial charge in [0.25, 0.3) is 0 Å². The highest BCUT2D eigenvalue weighted by molar-refractivity contribution is 5.10. The smallest absolute Gasteiger partial charge is 0.110 e. The normalized spacial score (nSPS) is 10.9. The number of hydrogen-bond acceptors (Lipinski definition) is 3. The fourth-order valence-electron chi connectivity index (χ4n) is 1.83. The minimum absolute atomic E-state index is 0.626. The summed E-state index contributed by atoms with van der Waals surface area (Å²) in [6.45, 7) is 3.42. The topological polar surface area (TPSA) is 61.7 Å². The van der Waals surface area contributed by atoms with Crippen LogP contribution in [0.5, 0.6) is 0 Å². The van der Waals surface area contributed by atoms with Gasteiger partial charge in [0, 0.05) is 25.9 Å². The van der Waals surface area contributed by atoms with Gasteiger partial charge >= 0.3 is 0 Å². The average Bonchev–Trinajstić information content (AvgIpc) is 2.77. The minimum Gasteiger partial charge on any atom is -0.330 e. The van der Waals surface area contributed by atoms with Gasteiger partial charge in [-0.05, 0) is 19.5 Å². The maximum absolute atomic E-state index is 5.55. The molecule has 0 unspecified atom stereocenters. The van der Waals surface area contributed by atoms with Crippen LogP contribution in [0.3, 0.4) is 0 Å². The van der Waals surface area contributed by atoms with Crippen molar-refractivity contribution in [2.24, 2.45) is 12.8 Å².